The van der Waals surface area contributed by atoms with Gasteiger partial charge in [0.05, 0.1) is 11.5 Å². The van der Waals surface area contributed by atoms with Crippen molar-refractivity contribution in [3.05, 3.63) is 28.5 Å². The fraction of sp³-hybridized carbons (Fsp3) is 0.455. The summed E-state index contributed by atoms with van der Waals surface area (Å²) >= 11 is 3.27. The number of halogens is 1. The van der Waals surface area contributed by atoms with Crippen LogP contribution in [0.15, 0.2) is 22.8 Å². The molecule has 0 radical (unpaired) electrons. The number of hydrogen-bond acceptors (Lipinski definition) is 4. The smallest absolute Gasteiger partial charge is 0.151 e. The summed E-state index contributed by atoms with van der Waals surface area (Å²) in [6.45, 7) is 0. The maximum atomic E-state index is 11.9. The molecule has 0 aliphatic carbocycles. The molecule has 0 amide bonds. The monoisotopic (exact) mass is 317 g/mol. The van der Waals surface area contributed by atoms with E-state index in [0.717, 1.165) is 4.47 Å². The SMILES string of the molecule is O=C(Cc1ccc(Br)cn1)C1CCS(=O)(=O)C1. The number of sulfone groups is 1. The predicted molar refractivity (Wildman–Crippen MR) is 67.4 cm³/mol. The summed E-state index contributed by atoms with van der Waals surface area (Å²) in [6, 6.07) is 3.59. The van der Waals surface area contributed by atoms with Crippen molar-refractivity contribution in [2.24, 2.45) is 5.92 Å². The molecule has 17 heavy (non-hydrogen) atoms. The molecule has 1 aromatic rings. The molecule has 0 aromatic carbocycles. The predicted octanol–water partition coefficient (Wildman–Crippen LogP) is 1.39. The molecule has 1 aromatic heterocycles. The highest BCUT2D eigenvalue weighted by atomic mass is 79.9. The molecule has 0 N–H and O–H groups in total. The zero-order valence-corrected chi connectivity index (χ0v) is 11.5. The third kappa shape index (κ3) is 3.35. The Morgan fingerprint density at radius 3 is 2.76 bits per heavy atom. The molecule has 1 aliphatic heterocycles. The summed E-state index contributed by atoms with van der Waals surface area (Å²) in [5.41, 5.74) is 0.683. The fourth-order valence-corrected chi connectivity index (χ4v) is 3.89. The lowest BCUT2D eigenvalue weighted by Crippen LogP contribution is -2.18. The molecule has 1 aliphatic rings. The minimum Gasteiger partial charge on any atom is -0.299 e. The number of rotatable bonds is 3. The number of aromatic nitrogens is 1. The lowest BCUT2D eigenvalue weighted by atomic mass is 10.00. The van der Waals surface area contributed by atoms with Gasteiger partial charge in [-0.25, -0.2) is 8.42 Å². The maximum Gasteiger partial charge on any atom is 0.151 e. The maximum absolute atomic E-state index is 11.9. The minimum absolute atomic E-state index is 0.00234. The van der Waals surface area contributed by atoms with Crippen LogP contribution in [0.4, 0.5) is 0 Å². The normalized spacial score (nSPS) is 22.5. The van der Waals surface area contributed by atoms with Crippen molar-refractivity contribution in [3.8, 4) is 0 Å². The Kier molecular flexibility index (Phi) is 3.63. The average Bonchev–Trinajstić information content (AvgIpc) is 2.62. The summed E-state index contributed by atoms with van der Waals surface area (Å²) in [6.07, 6.45) is 2.30. The van der Waals surface area contributed by atoms with Crippen molar-refractivity contribution in [3.63, 3.8) is 0 Å². The molecule has 1 fully saturated rings. The van der Waals surface area contributed by atoms with E-state index in [9.17, 15) is 13.2 Å². The highest BCUT2D eigenvalue weighted by molar-refractivity contribution is 9.10. The van der Waals surface area contributed by atoms with Gasteiger partial charge in [0, 0.05) is 28.7 Å². The quantitative estimate of drug-likeness (QED) is 0.845. The van der Waals surface area contributed by atoms with E-state index in [1.54, 1.807) is 12.3 Å². The molecular formula is C11H12BrNO3S. The Balaban J connectivity index is 2.01. The van der Waals surface area contributed by atoms with Crippen molar-refractivity contribution in [1.29, 1.82) is 0 Å². The van der Waals surface area contributed by atoms with Gasteiger partial charge in [0.25, 0.3) is 0 Å². The Hall–Kier alpha value is -0.750. The van der Waals surface area contributed by atoms with Crippen LogP contribution in [0.3, 0.4) is 0 Å². The number of hydrogen-bond donors (Lipinski definition) is 0. The Morgan fingerprint density at radius 2 is 2.24 bits per heavy atom. The number of carbonyl (C=O) groups excluding carboxylic acids is 1. The summed E-state index contributed by atoms with van der Waals surface area (Å²) in [5, 5.41) is 0. The first-order valence-electron chi connectivity index (χ1n) is 5.30. The van der Waals surface area contributed by atoms with Crippen LogP contribution in [0, 0.1) is 5.92 Å². The number of carbonyl (C=O) groups is 1. The van der Waals surface area contributed by atoms with E-state index in [-0.39, 0.29) is 29.6 Å². The average molecular weight is 318 g/mol. The standard InChI is InChI=1S/C11H12BrNO3S/c12-9-1-2-10(13-6-9)5-11(14)8-3-4-17(15,16)7-8/h1-2,6,8H,3-5,7H2. The van der Waals surface area contributed by atoms with E-state index in [4.69, 9.17) is 0 Å². The highest BCUT2D eigenvalue weighted by Crippen LogP contribution is 2.20. The van der Waals surface area contributed by atoms with E-state index < -0.39 is 9.84 Å². The van der Waals surface area contributed by atoms with Crippen molar-refractivity contribution < 1.29 is 13.2 Å². The molecule has 1 saturated heterocycles. The van der Waals surface area contributed by atoms with Gasteiger partial charge in [-0.3, -0.25) is 9.78 Å². The van der Waals surface area contributed by atoms with Gasteiger partial charge < -0.3 is 0 Å². The molecule has 92 valence electrons. The van der Waals surface area contributed by atoms with Gasteiger partial charge in [0.2, 0.25) is 0 Å². The highest BCUT2D eigenvalue weighted by Gasteiger charge is 2.32. The van der Waals surface area contributed by atoms with Crippen molar-refractivity contribution in [2.45, 2.75) is 12.8 Å². The lowest BCUT2D eigenvalue weighted by molar-refractivity contribution is -0.121. The number of nitrogens with zero attached hydrogens (tertiary/aromatic N) is 1. The Labute approximate surface area is 108 Å². The van der Waals surface area contributed by atoms with Crippen molar-refractivity contribution >= 4 is 31.6 Å². The zero-order valence-electron chi connectivity index (χ0n) is 9.10. The van der Waals surface area contributed by atoms with Gasteiger partial charge in [0.1, 0.15) is 5.78 Å². The topological polar surface area (TPSA) is 64.1 Å². The number of Topliss-reactive ketones (excluding diaryl/α,β-unsaturated/α-hetero) is 1. The fourth-order valence-electron chi connectivity index (χ4n) is 1.88. The van der Waals surface area contributed by atoms with Crippen LogP contribution in [-0.4, -0.2) is 30.7 Å². The van der Waals surface area contributed by atoms with E-state index in [1.165, 1.54) is 0 Å². The Morgan fingerprint density at radius 1 is 1.47 bits per heavy atom. The second-order valence-corrected chi connectivity index (χ2v) is 7.36. The van der Waals surface area contributed by atoms with Gasteiger partial charge in [-0.2, -0.15) is 0 Å². The van der Waals surface area contributed by atoms with Crippen LogP contribution in [0.1, 0.15) is 12.1 Å². The van der Waals surface area contributed by atoms with Gasteiger partial charge in [-0.05, 0) is 34.5 Å². The van der Waals surface area contributed by atoms with Crippen molar-refractivity contribution in [2.75, 3.05) is 11.5 Å². The van der Waals surface area contributed by atoms with Crippen LogP contribution in [0.25, 0.3) is 0 Å². The van der Waals surface area contributed by atoms with Gasteiger partial charge in [0.15, 0.2) is 9.84 Å². The van der Waals surface area contributed by atoms with Gasteiger partial charge >= 0.3 is 0 Å². The van der Waals surface area contributed by atoms with E-state index in [0.29, 0.717) is 12.1 Å². The molecule has 4 nitrogen and oxygen atoms in total. The molecule has 1 atom stereocenters. The molecule has 6 heteroatoms. The molecular weight excluding hydrogens is 306 g/mol. The van der Waals surface area contributed by atoms with Crippen LogP contribution < -0.4 is 0 Å². The molecule has 2 rings (SSSR count). The largest absolute Gasteiger partial charge is 0.299 e. The summed E-state index contributed by atoms with van der Waals surface area (Å²) in [4.78, 5) is 16.0. The molecule has 2 heterocycles. The summed E-state index contributed by atoms with van der Waals surface area (Å²) < 4.78 is 23.4. The first kappa shape index (κ1) is 12.7. The Bertz CT molecular complexity index is 524. The first-order chi connectivity index (χ1) is 7.96. The van der Waals surface area contributed by atoms with Crippen LogP contribution in [0.5, 0.6) is 0 Å². The van der Waals surface area contributed by atoms with E-state index in [2.05, 4.69) is 20.9 Å². The van der Waals surface area contributed by atoms with Crippen LogP contribution in [-0.2, 0) is 21.1 Å². The van der Waals surface area contributed by atoms with E-state index in [1.807, 2.05) is 6.07 Å². The molecule has 0 bridgehead atoms. The minimum atomic E-state index is -2.99. The summed E-state index contributed by atoms with van der Waals surface area (Å²) in [7, 11) is -2.99. The molecule has 0 saturated carbocycles. The van der Waals surface area contributed by atoms with Crippen LogP contribution >= 0.6 is 15.9 Å². The van der Waals surface area contributed by atoms with E-state index >= 15 is 0 Å². The third-order valence-corrected chi connectivity index (χ3v) is 5.07. The second-order valence-electron chi connectivity index (χ2n) is 4.21. The first-order valence-corrected chi connectivity index (χ1v) is 7.91. The zero-order chi connectivity index (χ0) is 12.5. The van der Waals surface area contributed by atoms with Gasteiger partial charge in [-0.1, -0.05) is 0 Å². The summed E-state index contributed by atoms with van der Waals surface area (Å²) in [5.74, 6) is -0.231. The van der Waals surface area contributed by atoms with Gasteiger partial charge in [-0.15, -0.1) is 0 Å². The van der Waals surface area contributed by atoms with Crippen LogP contribution in [0.2, 0.25) is 0 Å². The second kappa shape index (κ2) is 4.86. The van der Waals surface area contributed by atoms with Crippen molar-refractivity contribution in [1.82, 2.24) is 4.98 Å². The number of ketones is 1. The molecule has 1 unspecified atom stereocenters. The number of pyridine rings is 1. The third-order valence-electron chi connectivity index (χ3n) is 2.83. The molecule has 0 spiro atoms. The lowest BCUT2D eigenvalue weighted by Gasteiger charge is -2.05.